The molecule has 0 fully saturated rings. The van der Waals surface area contributed by atoms with Gasteiger partial charge >= 0.3 is 0 Å². The Balaban J connectivity index is 1.46. The molecule has 25 heavy (non-hydrogen) atoms. The number of nitrogens with one attached hydrogen (secondary N) is 2. The molecule has 2 heterocycles. The first-order valence-electron chi connectivity index (χ1n) is 8.71. The first-order chi connectivity index (χ1) is 12.2. The number of thiazole rings is 1. The van der Waals surface area contributed by atoms with Crippen molar-refractivity contribution in [3.05, 3.63) is 57.4 Å². The fourth-order valence-electron chi connectivity index (χ4n) is 3.22. The number of rotatable bonds is 5. The van der Waals surface area contributed by atoms with Crippen LogP contribution in [0.1, 0.15) is 46.9 Å². The fourth-order valence-corrected chi connectivity index (χ4v) is 4.40. The van der Waals surface area contributed by atoms with E-state index in [1.54, 1.807) is 12.1 Å². The summed E-state index contributed by atoms with van der Waals surface area (Å²) in [5, 5.41) is 11.9. The van der Waals surface area contributed by atoms with E-state index in [0.717, 1.165) is 23.2 Å². The smallest absolute Gasteiger partial charge is 0.123 e. The van der Waals surface area contributed by atoms with Gasteiger partial charge in [0, 0.05) is 22.5 Å². The quantitative estimate of drug-likeness (QED) is 0.712. The lowest BCUT2D eigenvalue weighted by Crippen LogP contribution is -2.18. The van der Waals surface area contributed by atoms with Crippen LogP contribution in [0.15, 0.2) is 30.5 Å². The van der Waals surface area contributed by atoms with Gasteiger partial charge < -0.3 is 5.32 Å². The molecule has 0 saturated carbocycles. The highest BCUT2D eigenvalue weighted by molar-refractivity contribution is 7.11. The molecule has 4 rings (SSSR count). The zero-order valence-electron chi connectivity index (χ0n) is 14.2. The van der Waals surface area contributed by atoms with E-state index in [-0.39, 0.29) is 11.9 Å². The third kappa shape index (κ3) is 3.50. The number of hydrogen-bond donors (Lipinski definition) is 2. The lowest BCUT2D eigenvalue weighted by Gasteiger charge is -2.11. The lowest BCUT2D eigenvalue weighted by atomic mass is 10.0. The van der Waals surface area contributed by atoms with Gasteiger partial charge in [0.2, 0.25) is 0 Å². The minimum Gasteiger partial charge on any atom is -0.304 e. The molecule has 0 bridgehead atoms. The third-order valence-electron chi connectivity index (χ3n) is 4.68. The second kappa shape index (κ2) is 7.06. The highest BCUT2D eigenvalue weighted by atomic mass is 32.1. The van der Waals surface area contributed by atoms with Crippen LogP contribution in [-0.2, 0) is 19.4 Å². The van der Waals surface area contributed by atoms with Gasteiger partial charge in [0.15, 0.2) is 0 Å². The van der Waals surface area contributed by atoms with Crippen molar-refractivity contribution in [2.45, 2.75) is 45.2 Å². The highest BCUT2D eigenvalue weighted by Gasteiger charge is 2.18. The van der Waals surface area contributed by atoms with Crippen LogP contribution in [0.4, 0.5) is 4.39 Å². The van der Waals surface area contributed by atoms with Crippen LogP contribution >= 0.6 is 11.3 Å². The van der Waals surface area contributed by atoms with Gasteiger partial charge in [-0.3, -0.25) is 5.10 Å². The molecule has 0 saturated heterocycles. The normalized spacial score (nSPS) is 15.1. The molecule has 1 aliphatic carbocycles. The van der Waals surface area contributed by atoms with Crippen LogP contribution < -0.4 is 5.32 Å². The number of aryl methyl sites for hydroxylation is 2. The Kier molecular flexibility index (Phi) is 4.63. The lowest BCUT2D eigenvalue weighted by molar-refractivity contribution is 0.569. The van der Waals surface area contributed by atoms with Crippen molar-refractivity contribution in [3.63, 3.8) is 0 Å². The predicted molar refractivity (Wildman–Crippen MR) is 98.0 cm³/mol. The fraction of sp³-hybridized carbons (Fsp3) is 0.368. The first kappa shape index (κ1) is 16.4. The van der Waals surface area contributed by atoms with Gasteiger partial charge in [0.05, 0.1) is 23.6 Å². The topological polar surface area (TPSA) is 53.6 Å². The van der Waals surface area contributed by atoms with Gasteiger partial charge in [-0.25, -0.2) is 9.37 Å². The molecule has 3 aromatic rings. The van der Waals surface area contributed by atoms with E-state index < -0.39 is 0 Å². The summed E-state index contributed by atoms with van der Waals surface area (Å²) in [5.74, 6) is -0.232. The number of halogens is 1. The average Bonchev–Trinajstić information content (AvgIpc) is 3.27. The summed E-state index contributed by atoms with van der Waals surface area (Å²) in [5.41, 5.74) is 4.24. The third-order valence-corrected chi connectivity index (χ3v) is 6.02. The van der Waals surface area contributed by atoms with Crippen LogP contribution in [0.3, 0.4) is 0 Å². The Morgan fingerprint density at radius 2 is 2.04 bits per heavy atom. The van der Waals surface area contributed by atoms with Crippen LogP contribution in [0, 0.1) is 5.82 Å². The molecule has 2 N–H and O–H groups in total. The van der Waals surface area contributed by atoms with E-state index in [0.29, 0.717) is 6.54 Å². The van der Waals surface area contributed by atoms with E-state index in [4.69, 9.17) is 4.98 Å². The van der Waals surface area contributed by atoms with E-state index in [9.17, 15) is 4.39 Å². The monoisotopic (exact) mass is 356 g/mol. The van der Waals surface area contributed by atoms with Crippen molar-refractivity contribution in [2.75, 3.05) is 0 Å². The zero-order valence-corrected chi connectivity index (χ0v) is 15.0. The van der Waals surface area contributed by atoms with Crippen molar-refractivity contribution >= 4 is 11.3 Å². The Labute approximate surface area is 150 Å². The maximum Gasteiger partial charge on any atom is 0.123 e. The maximum atomic E-state index is 13.1. The predicted octanol–water partition coefficient (Wildman–Crippen LogP) is 4.40. The second-order valence-electron chi connectivity index (χ2n) is 6.51. The number of aromatic amines is 1. The Bertz CT molecular complexity index is 829. The maximum absolute atomic E-state index is 13.1. The van der Waals surface area contributed by atoms with Crippen LogP contribution in [0.2, 0.25) is 0 Å². The first-order valence-corrected chi connectivity index (χ1v) is 9.52. The Hall–Kier alpha value is -2.05. The Morgan fingerprint density at radius 3 is 2.84 bits per heavy atom. The highest BCUT2D eigenvalue weighted by Crippen LogP contribution is 2.30. The molecular weight excluding hydrogens is 335 g/mol. The van der Waals surface area contributed by atoms with Gasteiger partial charge in [-0.1, -0.05) is 0 Å². The summed E-state index contributed by atoms with van der Waals surface area (Å²) in [6.45, 7) is 2.84. The van der Waals surface area contributed by atoms with E-state index in [1.165, 1.54) is 47.0 Å². The van der Waals surface area contributed by atoms with Gasteiger partial charge in [-0.2, -0.15) is 5.10 Å². The summed E-state index contributed by atoms with van der Waals surface area (Å²) in [4.78, 5) is 6.29. The molecule has 6 heteroatoms. The number of benzene rings is 1. The van der Waals surface area contributed by atoms with Gasteiger partial charge in [0.25, 0.3) is 0 Å². The summed E-state index contributed by atoms with van der Waals surface area (Å²) in [6, 6.07) is 6.67. The SMILES string of the molecule is C[C@H](NCc1cn[nH]c1-c1ccc(F)cc1)c1nc2c(s1)CCCC2. The van der Waals surface area contributed by atoms with E-state index in [2.05, 4.69) is 22.4 Å². The van der Waals surface area contributed by atoms with E-state index in [1.807, 2.05) is 17.5 Å². The molecule has 0 radical (unpaired) electrons. The molecule has 0 spiro atoms. The van der Waals surface area contributed by atoms with Gasteiger partial charge in [-0.05, 0) is 56.9 Å². The summed E-state index contributed by atoms with van der Waals surface area (Å²) < 4.78 is 13.1. The summed E-state index contributed by atoms with van der Waals surface area (Å²) in [6.07, 6.45) is 6.66. The van der Waals surface area contributed by atoms with E-state index >= 15 is 0 Å². The second-order valence-corrected chi connectivity index (χ2v) is 7.62. The number of hydrogen-bond acceptors (Lipinski definition) is 4. The molecule has 0 amide bonds. The number of H-pyrrole nitrogens is 1. The van der Waals surface area contributed by atoms with Crippen molar-refractivity contribution in [3.8, 4) is 11.3 Å². The average molecular weight is 356 g/mol. The van der Waals surface area contributed by atoms with Crippen molar-refractivity contribution < 1.29 is 4.39 Å². The molecule has 1 aliphatic rings. The molecule has 2 aromatic heterocycles. The minimum atomic E-state index is -0.232. The van der Waals surface area contributed by atoms with Gasteiger partial charge in [-0.15, -0.1) is 11.3 Å². The molecule has 1 aromatic carbocycles. The minimum absolute atomic E-state index is 0.201. The largest absolute Gasteiger partial charge is 0.304 e. The summed E-state index contributed by atoms with van der Waals surface area (Å²) >= 11 is 1.84. The Morgan fingerprint density at radius 1 is 1.24 bits per heavy atom. The number of fused-ring (bicyclic) bond motifs is 1. The zero-order chi connectivity index (χ0) is 17.2. The molecule has 0 aliphatic heterocycles. The molecule has 0 unspecified atom stereocenters. The van der Waals surface area contributed by atoms with Crippen molar-refractivity contribution in [1.29, 1.82) is 0 Å². The van der Waals surface area contributed by atoms with Crippen molar-refractivity contribution in [2.24, 2.45) is 0 Å². The van der Waals surface area contributed by atoms with Crippen LogP contribution in [0.5, 0.6) is 0 Å². The van der Waals surface area contributed by atoms with Crippen LogP contribution in [-0.4, -0.2) is 15.2 Å². The molecular formula is C19H21FN4S. The summed E-state index contributed by atoms with van der Waals surface area (Å²) in [7, 11) is 0. The van der Waals surface area contributed by atoms with Crippen LogP contribution in [0.25, 0.3) is 11.3 Å². The van der Waals surface area contributed by atoms with Gasteiger partial charge in [0.1, 0.15) is 10.8 Å². The number of nitrogens with zero attached hydrogens (tertiary/aromatic N) is 2. The van der Waals surface area contributed by atoms with Crippen molar-refractivity contribution in [1.82, 2.24) is 20.5 Å². The molecule has 130 valence electrons. The standard InChI is InChI=1S/C19H21FN4S/c1-12(19-23-16-4-2-3-5-17(16)25-19)21-10-14-11-22-24-18(14)13-6-8-15(20)9-7-13/h6-9,11-12,21H,2-5,10H2,1H3,(H,22,24)/t12-/m0/s1. The molecule has 1 atom stereocenters. The number of aromatic nitrogens is 3. The molecule has 4 nitrogen and oxygen atoms in total.